The van der Waals surface area contributed by atoms with Gasteiger partial charge in [0, 0.05) is 5.69 Å². The number of benzene rings is 1. The Morgan fingerprint density at radius 1 is 1.08 bits per heavy atom. The van der Waals surface area contributed by atoms with E-state index in [2.05, 4.69) is 17.0 Å². The van der Waals surface area contributed by atoms with E-state index in [9.17, 15) is 14.7 Å². The third-order valence-electron chi connectivity index (χ3n) is 3.63. The number of amides is 1. The highest BCUT2D eigenvalue weighted by molar-refractivity contribution is 5.95. The molecule has 0 heterocycles. The molecule has 2 N–H and O–H groups in total. The molecule has 0 atom stereocenters. The van der Waals surface area contributed by atoms with E-state index >= 15 is 0 Å². The summed E-state index contributed by atoms with van der Waals surface area (Å²) in [5, 5.41) is 12.1. The minimum Gasteiger partial charge on any atom is -0.507 e. The molecule has 0 radical (unpaired) electrons. The Kier molecular flexibility index (Phi) is 9.34. The number of unbranched alkanes of at least 4 members (excludes halogenated alkanes) is 6. The maximum Gasteiger partial charge on any atom is 0.411 e. The van der Waals surface area contributed by atoms with Crippen LogP contribution in [0.3, 0.4) is 0 Å². The molecule has 1 rings (SSSR count). The molecule has 0 aliphatic carbocycles. The second kappa shape index (κ2) is 11.3. The first kappa shape index (κ1) is 19.8. The van der Waals surface area contributed by atoms with E-state index in [1.165, 1.54) is 51.0 Å². The predicted molar refractivity (Wildman–Crippen MR) is 92.4 cm³/mol. The van der Waals surface area contributed by atoms with Crippen LogP contribution in [-0.4, -0.2) is 30.9 Å². The molecule has 6 heteroatoms. The van der Waals surface area contributed by atoms with Crippen molar-refractivity contribution in [2.24, 2.45) is 0 Å². The number of hydrogen-bond acceptors (Lipinski definition) is 5. The lowest BCUT2D eigenvalue weighted by Crippen LogP contribution is -2.15. The van der Waals surface area contributed by atoms with Crippen LogP contribution in [0.15, 0.2) is 18.2 Å². The highest BCUT2D eigenvalue weighted by Gasteiger charge is 2.13. The second-order valence-electron chi connectivity index (χ2n) is 5.61. The Morgan fingerprint density at radius 2 is 1.75 bits per heavy atom. The molecule has 1 aromatic rings. The summed E-state index contributed by atoms with van der Waals surface area (Å²) in [7, 11) is 1.22. The van der Waals surface area contributed by atoms with Gasteiger partial charge in [0.05, 0.1) is 13.7 Å². The summed E-state index contributed by atoms with van der Waals surface area (Å²) in [5.74, 6) is -0.878. The van der Waals surface area contributed by atoms with Crippen LogP contribution < -0.4 is 5.32 Å². The lowest BCUT2D eigenvalue weighted by atomic mass is 10.1. The molecule has 0 aromatic heterocycles. The Hall–Kier alpha value is -2.24. The molecule has 0 spiro atoms. The van der Waals surface area contributed by atoms with Crippen molar-refractivity contribution < 1.29 is 24.2 Å². The van der Waals surface area contributed by atoms with Gasteiger partial charge in [0.15, 0.2) is 0 Å². The van der Waals surface area contributed by atoms with Crippen molar-refractivity contribution in [1.29, 1.82) is 0 Å². The van der Waals surface area contributed by atoms with Crippen molar-refractivity contribution in [3.63, 3.8) is 0 Å². The first-order chi connectivity index (χ1) is 11.6. The maximum absolute atomic E-state index is 11.7. The molecular weight excluding hydrogens is 310 g/mol. The fourth-order valence-electron chi connectivity index (χ4n) is 2.27. The average Bonchev–Trinajstić information content (AvgIpc) is 2.58. The summed E-state index contributed by atoms with van der Waals surface area (Å²) in [6, 6.07) is 4.14. The first-order valence-electron chi connectivity index (χ1n) is 8.43. The van der Waals surface area contributed by atoms with Crippen molar-refractivity contribution in [3.05, 3.63) is 23.8 Å². The zero-order valence-corrected chi connectivity index (χ0v) is 14.5. The summed E-state index contributed by atoms with van der Waals surface area (Å²) in [6.45, 7) is 2.55. The van der Waals surface area contributed by atoms with Gasteiger partial charge in [0.1, 0.15) is 11.3 Å². The number of nitrogens with one attached hydrogen (secondary N) is 1. The fourth-order valence-corrected chi connectivity index (χ4v) is 2.27. The van der Waals surface area contributed by atoms with Gasteiger partial charge in [-0.15, -0.1) is 0 Å². The van der Waals surface area contributed by atoms with Crippen molar-refractivity contribution in [1.82, 2.24) is 0 Å². The largest absolute Gasteiger partial charge is 0.507 e. The van der Waals surface area contributed by atoms with E-state index in [1.54, 1.807) is 0 Å². The van der Waals surface area contributed by atoms with Crippen LogP contribution in [-0.2, 0) is 9.47 Å². The molecule has 0 aliphatic rings. The quantitative estimate of drug-likeness (QED) is 0.373. The number of carbonyl (C=O) groups excluding carboxylic acids is 2. The van der Waals surface area contributed by atoms with Crippen LogP contribution in [0.2, 0.25) is 0 Å². The minimum atomic E-state index is -0.674. The number of phenolic OH excluding ortho intramolecular Hbond substituents is 1. The Morgan fingerprint density at radius 3 is 2.42 bits per heavy atom. The smallest absolute Gasteiger partial charge is 0.411 e. The lowest BCUT2D eigenvalue weighted by molar-refractivity contribution is 0.0597. The highest BCUT2D eigenvalue weighted by atomic mass is 16.5. The number of ether oxygens (including phenoxy) is 2. The van der Waals surface area contributed by atoms with Gasteiger partial charge in [-0.05, 0) is 24.6 Å². The third-order valence-corrected chi connectivity index (χ3v) is 3.63. The number of esters is 1. The van der Waals surface area contributed by atoms with Crippen LogP contribution in [0.4, 0.5) is 10.5 Å². The molecule has 0 saturated carbocycles. The molecule has 1 aromatic carbocycles. The van der Waals surface area contributed by atoms with E-state index < -0.39 is 12.1 Å². The van der Waals surface area contributed by atoms with E-state index in [1.807, 2.05) is 0 Å². The summed E-state index contributed by atoms with van der Waals surface area (Å²) < 4.78 is 9.66. The second-order valence-corrected chi connectivity index (χ2v) is 5.61. The molecular formula is C18H27NO5. The zero-order valence-electron chi connectivity index (χ0n) is 14.5. The predicted octanol–water partition coefficient (Wildman–Crippen LogP) is 4.48. The molecule has 0 saturated heterocycles. The Labute approximate surface area is 143 Å². The molecule has 134 valence electrons. The number of rotatable bonds is 10. The molecule has 24 heavy (non-hydrogen) atoms. The van der Waals surface area contributed by atoms with Crippen LogP contribution >= 0.6 is 0 Å². The molecule has 0 aliphatic heterocycles. The summed E-state index contributed by atoms with van der Waals surface area (Å²) in [5.41, 5.74) is 0.347. The van der Waals surface area contributed by atoms with Crippen molar-refractivity contribution in [2.45, 2.75) is 51.9 Å². The topological polar surface area (TPSA) is 84.9 Å². The van der Waals surface area contributed by atoms with Gasteiger partial charge < -0.3 is 14.6 Å². The summed E-state index contributed by atoms with van der Waals surface area (Å²) in [4.78, 5) is 23.2. The highest BCUT2D eigenvalue weighted by Crippen LogP contribution is 2.22. The van der Waals surface area contributed by atoms with Crippen LogP contribution in [0, 0.1) is 0 Å². The van der Waals surface area contributed by atoms with Gasteiger partial charge in [0.2, 0.25) is 0 Å². The fraction of sp³-hybridized carbons (Fsp3) is 0.556. The standard InChI is InChI=1S/C18H27NO5/c1-3-4-5-6-7-8-9-12-24-18(22)19-14-10-11-16(20)15(13-14)17(21)23-2/h10-11,13,20H,3-9,12H2,1-2H3,(H,19,22). The molecule has 0 bridgehead atoms. The van der Waals surface area contributed by atoms with Crippen LogP contribution in [0.1, 0.15) is 62.2 Å². The van der Waals surface area contributed by atoms with Gasteiger partial charge in [0.25, 0.3) is 0 Å². The van der Waals surface area contributed by atoms with Gasteiger partial charge in [-0.1, -0.05) is 45.4 Å². The van der Waals surface area contributed by atoms with Gasteiger partial charge in [-0.2, -0.15) is 0 Å². The van der Waals surface area contributed by atoms with Gasteiger partial charge >= 0.3 is 12.1 Å². The zero-order chi connectivity index (χ0) is 17.8. The SMILES string of the molecule is CCCCCCCCCOC(=O)Nc1ccc(O)c(C(=O)OC)c1. The third kappa shape index (κ3) is 7.35. The van der Waals surface area contributed by atoms with E-state index in [0.29, 0.717) is 12.3 Å². The Bertz CT molecular complexity index is 530. The summed E-state index contributed by atoms with van der Waals surface area (Å²) >= 11 is 0. The number of methoxy groups -OCH3 is 1. The van der Waals surface area contributed by atoms with Gasteiger partial charge in [-0.3, -0.25) is 5.32 Å². The van der Waals surface area contributed by atoms with Crippen molar-refractivity contribution >= 4 is 17.7 Å². The first-order valence-corrected chi connectivity index (χ1v) is 8.43. The van der Waals surface area contributed by atoms with Crippen LogP contribution in [0.5, 0.6) is 5.75 Å². The minimum absolute atomic E-state index is 0.0117. The maximum atomic E-state index is 11.7. The average molecular weight is 337 g/mol. The molecule has 1 amide bonds. The summed E-state index contributed by atoms with van der Waals surface area (Å²) in [6.07, 6.45) is 7.46. The molecule has 6 nitrogen and oxygen atoms in total. The van der Waals surface area contributed by atoms with Crippen molar-refractivity contribution in [2.75, 3.05) is 19.0 Å². The van der Waals surface area contributed by atoms with E-state index in [4.69, 9.17) is 4.74 Å². The van der Waals surface area contributed by atoms with E-state index in [0.717, 1.165) is 19.3 Å². The van der Waals surface area contributed by atoms with E-state index in [-0.39, 0.29) is 11.3 Å². The number of carbonyl (C=O) groups is 2. The molecule has 0 unspecified atom stereocenters. The normalized spacial score (nSPS) is 10.2. The number of phenols is 1. The monoisotopic (exact) mass is 337 g/mol. The Balaban J connectivity index is 2.29. The number of aromatic hydroxyl groups is 1. The lowest BCUT2D eigenvalue weighted by Gasteiger charge is -2.09. The van der Waals surface area contributed by atoms with Gasteiger partial charge in [-0.25, -0.2) is 9.59 Å². The number of anilines is 1. The van der Waals surface area contributed by atoms with Crippen LogP contribution in [0.25, 0.3) is 0 Å². The van der Waals surface area contributed by atoms with Crippen molar-refractivity contribution in [3.8, 4) is 5.75 Å². The number of hydrogen-bond donors (Lipinski definition) is 2. The molecule has 0 fully saturated rings.